The van der Waals surface area contributed by atoms with Gasteiger partial charge in [-0.3, -0.25) is 9.97 Å². The van der Waals surface area contributed by atoms with Gasteiger partial charge in [0.15, 0.2) is 0 Å². The molecule has 6 heteroatoms. The van der Waals surface area contributed by atoms with Gasteiger partial charge in [-0.2, -0.15) is 0 Å². The van der Waals surface area contributed by atoms with E-state index in [9.17, 15) is 0 Å². The molecule has 0 bridgehead atoms. The van der Waals surface area contributed by atoms with Crippen molar-refractivity contribution in [1.82, 2.24) is 14.5 Å². The molecule has 450 valence electrons. The van der Waals surface area contributed by atoms with Crippen molar-refractivity contribution in [3.05, 3.63) is 363 Å². The predicted octanol–water partition coefficient (Wildman–Crippen LogP) is 20.7. The van der Waals surface area contributed by atoms with Crippen LogP contribution in [0.5, 0.6) is 0 Å². The molecule has 96 heavy (non-hydrogen) atoms. The summed E-state index contributed by atoms with van der Waals surface area (Å²) in [5.41, 5.74) is 32.1. The molecule has 0 saturated heterocycles. The molecule has 13 aromatic carbocycles. The maximum absolute atomic E-state index is 5.15. The first-order valence-electron chi connectivity index (χ1n) is 33.1. The molecule has 0 radical (unpaired) electrons. The fraction of sp³-hybridized carbons (Fsp3) is 0.0222. The van der Waals surface area contributed by atoms with Crippen LogP contribution < -0.4 is 26.2 Å². The van der Waals surface area contributed by atoms with Gasteiger partial charge in [0, 0.05) is 81.3 Å². The molecular weight excluding hydrogens is 1160 g/mol. The Labute approximate surface area is 559 Å². The van der Waals surface area contributed by atoms with Crippen molar-refractivity contribution in [2.24, 2.45) is 0 Å². The predicted molar refractivity (Wildman–Crippen MR) is 402 cm³/mol. The molecular formula is C90H62BN5. The summed E-state index contributed by atoms with van der Waals surface area (Å²) in [5.74, 6) is 0. The average molecular weight is 1220 g/mol. The Morgan fingerprint density at radius 2 is 0.594 bits per heavy atom. The topological polar surface area (TPSA) is 37.2 Å². The van der Waals surface area contributed by atoms with Gasteiger partial charge in [0.2, 0.25) is 0 Å². The molecule has 18 rings (SSSR count). The second-order valence-electron chi connectivity index (χ2n) is 25.1. The minimum absolute atomic E-state index is 0.233. The van der Waals surface area contributed by atoms with Crippen LogP contribution >= 0.6 is 0 Å². The zero-order valence-electron chi connectivity index (χ0n) is 52.7. The van der Waals surface area contributed by atoms with Crippen LogP contribution in [0.2, 0.25) is 0 Å². The van der Waals surface area contributed by atoms with Crippen LogP contribution in [0.3, 0.4) is 0 Å². The first-order chi connectivity index (χ1) is 47.6. The molecule has 0 atom stereocenters. The maximum atomic E-state index is 5.15. The second-order valence-corrected chi connectivity index (χ2v) is 25.1. The van der Waals surface area contributed by atoms with E-state index in [1.165, 1.54) is 82.8 Å². The highest BCUT2D eigenvalue weighted by molar-refractivity contribution is 7.00. The number of benzene rings is 13. The Hall–Kier alpha value is -12.4. The van der Waals surface area contributed by atoms with Crippen LogP contribution in [0.25, 0.3) is 117 Å². The highest BCUT2D eigenvalue weighted by atomic mass is 15.2. The number of para-hydroxylation sites is 2. The van der Waals surface area contributed by atoms with Gasteiger partial charge in [-0.25, -0.2) is 0 Å². The van der Waals surface area contributed by atoms with Crippen molar-refractivity contribution in [3.8, 4) is 95.0 Å². The van der Waals surface area contributed by atoms with Crippen LogP contribution in [-0.4, -0.2) is 21.2 Å². The van der Waals surface area contributed by atoms with Crippen molar-refractivity contribution < 1.29 is 0 Å². The van der Waals surface area contributed by atoms with Crippen LogP contribution in [0.15, 0.2) is 352 Å². The lowest BCUT2D eigenvalue weighted by atomic mass is 9.33. The third kappa shape index (κ3) is 9.89. The molecule has 0 saturated carbocycles. The number of anilines is 4. The van der Waals surface area contributed by atoms with Crippen LogP contribution in [0, 0.1) is 0 Å². The molecule has 0 unspecified atom stereocenters. The summed E-state index contributed by atoms with van der Waals surface area (Å²) in [6, 6.07) is 125. The summed E-state index contributed by atoms with van der Waals surface area (Å²) in [5, 5.41) is 2.43. The Morgan fingerprint density at radius 3 is 0.948 bits per heavy atom. The van der Waals surface area contributed by atoms with Crippen molar-refractivity contribution in [1.29, 1.82) is 0 Å². The second kappa shape index (κ2) is 23.9. The summed E-state index contributed by atoms with van der Waals surface area (Å²) in [7, 11) is 0. The molecule has 5 heterocycles. The zero-order chi connectivity index (χ0) is 63.5. The van der Waals surface area contributed by atoms with E-state index >= 15 is 0 Å². The number of pyridine rings is 2. The first kappa shape index (κ1) is 56.4. The van der Waals surface area contributed by atoms with E-state index in [1.807, 2.05) is 0 Å². The largest absolute Gasteiger partial charge is 0.338 e. The summed E-state index contributed by atoms with van der Waals surface area (Å²) in [4.78, 5) is 15.6. The van der Waals surface area contributed by atoms with E-state index in [1.54, 1.807) is 0 Å². The van der Waals surface area contributed by atoms with Crippen molar-refractivity contribution >= 4 is 67.7 Å². The third-order valence-corrected chi connectivity index (χ3v) is 19.7. The van der Waals surface area contributed by atoms with Crippen molar-refractivity contribution in [2.75, 3.05) is 9.80 Å². The smallest absolute Gasteiger partial charge is 0.252 e. The molecule has 2 aliphatic rings. The molecule has 0 aliphatic carbocycles. The van der Waals surface area contributed by atoms with E-state index in [2.05, 4.69) is 366 Å². The minimum Gasteiger partial charge on any atom is -0.338 e. The summed E-state index contributed by atoms with van der Waals surface area (Å²) >= 11 is 0. The lowest BCUT2D eigenvalue weighted by Gasteiger charge is -2.45. The lowest BCUT2D eigenvalue weighted by Crippen LogP contribution is -2.62. The van der Waals surface area contributed by atoms with Gasteiger partial charge in [0.1, 0.15) is 0 Å². The van der Waals surface area contributed by atoms with Crippen molar-refractivity contribution in [3.63, 3.8) is 0 Å². The van der Waals surface area contributed by atoms with E-state index < -0.39 is 0 Å². The highest BCUT2D eigenvalue weighted by Gasteiger charge is 2.44. The fourth-order valence-electron chi connectivity index (χ4n) is 15.3. The Balaban J connectivity index is 0.944. The first-order valence-corrected chi connectivity index (χ1v) is 33.1. The monoisotopic (exact) mass is 1220 g/mol. The quantitative estimate of drug-likeness (QED) is 0.108. The molecule has 0 N–H and O–H groups in total. The molecule has 2 aliphatic heterocycles. The van der Waals surface area contributed by atoms with Gasteiger partial charge >= 0.3 is 0 Å². The van der Waals surface area contributed by atoms with Crippen LogP contribution in [-0.2, 0) is 13.1 Å². The minimum atomic E-state index is -0.233. The number of aromatic nitrogens is 3. The average Bonchev–Trinajstić information content (AvgIpc) is 0.839. The van der Waals surface area contributed by atoms with Gasteiger partial charge in [-0.05, 0) is 132 Å². The number of hydrogen-bond donors (Lipinski definition) is 0. The Kier molecular flexibility index (Phi) is 14.1. The third-order valence-electron chi connectivity index (χ3n) is 19.7. The summed E-state index contributed by atoms with van der Waals surface area (Å²) < 4.78 is 2.52. The van der Waals surface area contributed by atoms with Crippen LogP contribution in [0.4, 0.5) is 22.7 Å². The van der Waals surface area contributed by atoms with Gasteiger partial charge in [0.05, 0.1) is 28.1 Å². The summed E-state index contributed by atoms with van der Waals surface area (Å²) in [6.45, 7) is 0.890. The van der Waals surface area contributed by atoms with Crippen LogP contribution in [0.1, 0.15) is 11.1 Å². The zero-order valence-corrected chi connectivity index (χ0v) is 52.7. The molecule has 0 fully saturated rings. The standard InChI is InChI=1S/C90H62BN5/c1-7-25-61(26-8-1)72-39-23-40-73(62-27-9-2-10-28-62)78(72)59-94-86-51-47-67(69-45-49-82(92-57-69)65-33-15-5-16-34-65)53-80(86)91-81-54-68(70-46-50-83(93-58-70)66-35-17-6-18-36-66)48-52-87(81)95(60-79-74(63-29-11-3-12-30-63)41-24-42-75(79)64-31-13-4-14-32-64)89-56-71(55-88(94)90(89)91)96-84-43-21-19-37-76(84)77-38-20-22-44-85(77)96/h1-58H,59-60H2. The molecule has 3 aromatic heterocycles. The van der Waals surface area contributed by atoms with Gasteiger partial charge in [0.25, 0.3) is 6.71 Å². The van der Waals surface area contributed by atoms with E-state index in [-0.39, 0.29) is 6.71 Å². The maximum Gasteiger partial charge on any atom is 0.252 e. The molecule has 5 nitrogen and oxygen atoms in total. The Morgan fingerprint density at radius 1 is 0.260 bits per heavy atom. The lowest BCUT2D eigenvalue weighted by molar-refractivity contribution is 0.961. The molecule has 0 spiro atoms. The van der Waals surface area contributed by atoms with Crippen molar-refractivity contribution in [2.45, 2.75) is 13.1 Å². The number of rotatable bonds is 13. The van der Waals surface area contributed by atoms with E-state index in [0.29, 0.717) is 13.1 Å². The number of hydrogen-bond acceptors (Lipinski definition) is 4. The van der Waals surface area contributed by atoms with E-state index in [4.69, 9.17) is 9.97 Å². The summed E-state index contributed by atoms with van der Waals surface area (Å²) in [6.07, 6.45) is 4.11. The SMILES string of the molecule is c1ccc(-c2ccc(-c3ccc4c(c3)B3c5cc(-c6ccc(-c7ccccc7)nc6)ccc5N(Cc5c(-c6ccccc6)cccc5-c5ccccc5)c5cc(-n6c7ccccc7c7ccccc76)cc(c53)N4Cc3c(-c4ccccc4)cccc3-c3ccccc3)cn2)cc1. The van der Waals surface area contributed by atoms with Gasteiger partial charge in [-0.1, -0.05) is 291 Å². The highest BCUT2D eigenvalue weighted by Crippen LogP contribution is 2.47. The fourth-order valence-corrected chi connectivity index (χ4v) is 15.3. The number of nitrogens with zero attached hydrogens (tertiary/aromatic N) is 5. The molecule has 16 aromatic rings. The Bertz CT molecular complexity index is 5110. The normalized spacial score (nSPS) is 12.2. The van der Waals surface area contributed by atoms with Gasteiger partial charge < -0.3 is 14.4 Å². The number of fused-ring (bicyclic) bond motifs is 7. The van der Waals surface area contributed by atoms with Gasteiger partial charge in [-0.15, -0.1) is 0 Å². The molecule has 0 amide bonds. The van der Waals surface area contributed by atoms with E-state index in [0.717, 1.165) is 84.2 Å².